The van der Waals surface area contributed by atoms with Crippen molar-refractivity contribution in [3.05, 3.63) is 46.5 Å². The molecule has 0 saturated heterocycles. The maximum atomic E-state index is 13.1. The molecule has 6 heteroatoms. The monoisotopic (exact) mass is 343 g/mol. The molecule has 1 aliphatic rings. The van der Waals surface area contributed by atoms with Crippen LogP contribution in [0.3, 0.4) is 0 Å². The fourth-order valence-electron chi connectivity index (χ4n) is 3.33. The van der Waals surface area contributed by atoms with Gasteiger partial charge in [-0.3, -0.25) is 14.5 Å². The van der Waals surface area contributed by atoms with Crippen molar-refractivity contribution < 1.29 is 9.59 Å². The minimum atomic E-state index is -0.268. The number of benzene rings is 1. The van der Waals surface area contributed by atoms with E-state index in [9.17, 15) is 9.59 Å². The van der Waals surface area contributed by atoms with Crippen molar-refractivity contribution in [2.75, 3.05) is 0 Å². The average molecular weight is 343 g/mol. The van der Waals surface area contributed by atoms with Crippen LogP contribution in [-0.2, 0) is 0 Å². The normalized spacial score (nSPS) is 20.6. The number of imide groups is 1. The molecule has 2 unspecified atom stereocenters. The third-order valence-corrected chi connectivity index (χ3v) is 5.52. The molecular formula is C18H21N3O2S. The summed E-state index contributed by atoms with van der Waals surface area (Å²) in [5.74, 6) is -0.196. The summed E-state index contributed by atoms with van der Waals surface area (Å²) in [5.41, 5.74) is 1.12. The third-order valence-electron chi connectivity index (χ3n) is 4.70. The maximum absolute atomic E-state index is 13.1. The van der Waals surface area contributed by atoms with Crippen LogP contribution >= 0.6 is 11.5 Å². The SMILES string of the molecule is Cc1nnsc1C(=O)N(C(=O)c1ccccc1)C1CCCCC1C. The molecule has 3 rings (SSSR count). The van der Waals surface area contributed by atoms with E-state index >= 15 is 0 Å². The Labute approximate surface area is 145 Å². The van der Waals surface area contributed by atoms with Crippen LogP contribution in [-0.4, -0.2) is 32.3 Å². The molecule has 126 valence electrons. The zero-order valence-corrected chi connectivity index (χ0v) is 14.8. The van der Waals surface area contributed by atoms with Gasteiger partial charge in [-0.25, -0.2) is 0 Å². The number of hydrogen-bond acceptors (Lipinski definition) is 5. The second-order valence-corrected chi connectivity index (χ2v) is 7.12. The molecule has 24 heavy (non-hydrogen) atoms. The number of carbonyl (C=O) groups excluding carboxylic acids is 2. The van der Waals surface area contributed by atoms with Crippen molar-refractivity contribution in [1.29, 1.82) is 0 Å². The summed E-state index contributed by atoms with van der Waals surface area (Å²) in [4.78, 5) is 28.1. The predicted octanol–water partition coefficient (Wildman–Crippen LogP) is 3.71. The lowest BCUT2D eigenvalue weighted by Crippen LogP contribution is -2.48. The molecule has 0 radical (unpaired) electrons. The van der Waals surface area contributed by atoms with Crippen LogP contribution in [0.4, 0.5) is 0 Å². The second kappa shape index (κ2) is 7.21. The molecule has 1 aromatic heterocycles. The van der Waals surface area contributed by atoms with Crippen LogP contribution < -0.4 is 0 Å². The van der Waals surface area contributed by atoms with Gasteiger partial charge in [0.05, 0.1) is 5.69 Å². The molecule has 1 aliphatic carbocycles. The Hall–Kier alpha value is -2.08. The highest BCUT2D eigenvalue weighted by atomic mass is 32.1. The van der Waals surface area contributed by atoms with Gasteiger partial charge in [-0.05, 0) is 49.3 Å². The zero-order chi connectivity index (χ0) is 17.1. The summed E-state index contributed by atoms with van der Waals surface area (Å²) in [6, 6.07) is 8.95. The van der Waals surface area contributed by atoms with E-state index in [1.165, 1.54) is 4.90 Å². The van der Waals surface area contributed by atoms with Gasteiger partial charge in [0.15, 0.2) is 0 Å². The van der Waals surface area contributed by atoms with Gasteiger partial charge >= 0.3 is 0 Å². The first kappa shape index (κ1) is 16.8. The molecule has 0 aliphatic heterocycles. The van der Waals surface area contributed by atoms with Crippen molar-refractivity contribution in [3.8, 4) is 0 Å². The van der Waals surface area contributed by atoms with Crippen LogP contribution in [0.2, 0.25) is 0 Å². The van der Waals surface area contributed by atoms with Crippen molar-refractivity contribution in [1.82, 2.24) is 14.5 Å². The van der Waals surface area contributed by atoms with E-state index in [0.717, 1.165) is 37.2 Å². The van der Waals surface area contributed by atoms with Gasteiger partial charge in [0.25, 0.3) is 11.8 Å². The molecule has 0 N–H and O–H groups in total. The van der Waals surface area contributed by atoms with E-state index < -0.39 is 0 Å². The van der Waals surface area contributed by atoms with Crippen LogP contribution in [0.1, 0.15) is 58.3 Å². The Balaban J connectivity index is 1.99. The minimum Gasteiger partial charge on any atom is -0.270 e. The van der Waals surface area contributed by atoms with Crippen LogP contribution in [0.25, 0.3) is 0 Å². The van der Waals surface area contributed by atoms with Gasteiger partial charge in [0, 0.05) is 11.6 Å². The Kier molecular flexibility index (Phi) is 5.04. The average Bonchev–Trinajstić information content (AvgIpc) is 3.03. The molecule has 1 aromatic carbocycles. The molecule has 1 fully saturated rings. The smallest absolute Gasteiger partial charge is 0.270 e. The van der Waals surface area contributed by atoms with E-state index in [1.807, 2.05) is 18.2 Å². The largest absolute Gasteiger partial charge is 0.274 e. The fraction of sp³-hybridized carbons (Fsp3) is 0.444. The third kappa shape index (κ3) is 3.24. The first-order valence-corrected chi connectivity index (χ1v) is 9.09. The molecular weight excluding hydrogens is 322 g/mol. The number of rotatable bonds is 3. The highest BCUT2D eigenvalue weighted by molar-refractivity contribution is 7.08. The topological polar surface area (TPSA) is 63.2 Å². The molecule has 0 bridgehead atoms. The summed E-state index contributed by atoms with van der Waals surface area (Å²) in [6.45, 7) is 3.88. The molecule has 1 heterocycles. The molecule has 2 amide bonds. The van der Waals surface area contributed by atoms with Crippen molar-refractivity contribution in [3.63, 3.8) is 0 Å². The molecule has 2 aromatic rings. The summed E-state index contributed by atoms with van der Waals surface area (Å²) < 4.78 is 3.85. The molecule has 0 spiro atoms. The maximum Gasteiger partial charge on any atom is 0.274 e. The lowest BCUT2D eigenvalue weighted by molar-refractivity contribution is 0.0448. The van der Waals surface area contributed by atoms with Crippen LogP contribution in [0, 0.1) is 12.8 Å². The van der Waals surface area contributed by atoms with Gasteiger partial charge in [-0.2, -0.15) is 0 Å². The van der Waals surface area contributed by atoms with E-state index in [4.69, 9.17) is 0 Å². The second-order valence-electron chi connectivity index (χ2n) is 6.36. The number of amides is 2. The summed E-state index contributed by atoms with van der Waals surface area (Å²) in [5, 5.41) is 3.93. The van der Waals surface area contributed by atoms with Crippen LogP contribution in [0.15, 0.2) is 30.3 Å². The van der Waals surface area contributed by atoms with Gasteiger partial charge < -0.3 is 0 Å². The molecule has 2 atom stereocenters. The van der Waals surface area contributed by atoms with E-state index in [2.05, 4.69) is 16.5 Å². The number of nitrogens with zero attached hydrogens (tertiary/aromatic N) is 3. The van der Waals surface area contributed by atoms with E-state index in [-0.39, 0.29) is 17.9 Å². The van der Waals surface area contributed by atoms with Crippen molar-refractivity contribution in [2.24, 2.45) is 5.92 Å². The first-order valence-electron chi connectivity index (χ1n) is 8.31. The fourth-order valence-corrected chi connectivity index (χ4v) is 3.93. The Bertz CT molecular complexity index is 729. The van der Waals surface area contributed by atoms with E-state index in [1.54, 1.807) is 19.1 Å². The van der Waals surface area contributed by atoms with Gasteiger partial charge in [-0.1, -0.05) is 42.5 Å². The first-order chi connectivity index (χ1) is 11.6. The quantitative estimate of drug-likeness (QED) is 0.797. The highest BCUT2D eigenvalue weighted by Gasteiger charge is 2.37. The Morgan fingerprint density at radius 2 is 1.83 bits per heavy atom. The van der Waals surface area contributed by atoms with Gasteiger partial charge in [0.2, 0.25) is 0 Å². The highest BCUT2D eigenvalue weighted by Crippen LogP contribution is 2.31. The summed E-state index contributed by atoms with van der Waals surface area (Å²) >= 11 is 1.06. The molecule has 1 saturated carbocycles. The minimum absolute atomic E-state index is 0.0690. The molecule has 5 nitrogen and oxygen atoms in total. The van der Waals surface area contributed by atoms with Crippen molar-refractivity contribution >= 4 is 23.3 Å². The van der Waals surface area contributed by atoms with Gasteiger partial charge in [0.1, 0.15) is 4.88 Å². The lowest BCUT2D eigenvalue weighted by atomic mass is 9.84. The standard InChI is InChI=1S/C18H21N3O2S/c1-12-8-6-7-11-15(12)21(17(22)14-9-4-3-5-10-14)18(23)16-13(2)19-20-24-16/h3-5,9-10,12,15H,6-8,11H2,1-2H3. The number of hydrogen-bond donors (Lipinski definition) is 0. The number of carbonyl (C=O) groups is 2. The lowest BCUT2D eigenvalue weighted by Gasteiger charge is -2.37. The van der Waals surface area contributed by atoms with Gasteiger partial charge in [-0.15, -0.1) is 5.10 Å². The van der Waals surface area contributed by atoms with E-state index in [0.29, 0.717) is 22.1 Å². The van der Waals surface area contributed by atoms with Crippen molar-refractivity contribution in [2.45, 2.75) is 45.6 Å². The summed E-state index contributed by atoms with van der Waals surface area (Å²) in [6.07, 6.45) is 4.09. The number of aryl methyl sites for hydroxylation is 1. The Morgan fingerprint density at radius 1 is 1.12 bits per heavy atom. The number of aromatic nitrogens is 2. The zero-order valence-electron chi connectivity index (χ0n) is 13.9. The Morgan fingerprint density at radius 3 is 2.46 bits per heavy atom. The predicted molar refractivity (Wildman–Crippen MR) is 93.0 cm³/mol. The summed E-state index contributed by atoms with van der Waals surface area (Å²) in [7, 11) is 0. The van der Waals surface area contributed by atoms with Crippen LogP contribution in [0.5, 0.6) is 0 Å².